The zero-order valence-corrected chi connectivity index (χ0v) is 12.6. The first kappa shape index (κ1) is 15.3. The van der Waals surface area contributed by atoms with E-state index in [4.69, 9.17) is 15.2 Å². The van der Waals surface area contributed by atoms with Gasteiger partial charge in [0.15, 0.2) is 11.5 Å². The van der Waals surface area contributed by atoms with E-state index in [1.807, 2.05) is 50.2 Å². The van der Waals surface area contributed by atoms with Crippen LogP contribution in [0, 0.1) is 0 Å². The molecule has 0 spiro atoms. The van der Waals surface area contributed by atoms with Crippen molar-refractivity contribution in [2.24, 2.45) is 5.73 Å². The fraction of sp³-hybridized carbons (Fsp3) is 0.353. The first-order valence-electron chi connectivity index (χ1n) is 7.23. The number of para-hydroxylation sites is 1. The fourth-order valence-electron chi connectivity index (χ4n) is 2.13. The number of hydrogen-bond donors (Lipinski definition) is 1. The molecule has 1 atom stereocenters. The van der Waals surface area contributed by atoms with E-state index in [-0.39, 0.29) is 6.04 Å². The quantitative estimate of drug-likeness (QED) is 0.850. The van der Waals surface area contributed by atoms with Crippen LogP contribution in [-0.2, 0) is 13.0 Å². The topological polar surface area (TPSA) is 57.4 Å². The highest BCUT2D eigenvalue weighted by Crippen LogP contribution is 2.32. The predicted molar refractivity (Wildman–Crippen MR) is 83.5 cm³/mol. The second-order valence-electron chi connectivity index (χ2n) is 4.97. The Morgan fingerprint density at radius 2 is 2.00 bits per heavy atom. The molecular formula is C17H22N2O2. The van der Waals surface area contributed by atoms with E-state index in [1.54, 1.807) is 6.20 Å². The van der Waals surface area contributed by atoms with Gasteiger partial charge in [-0.05, 0) is 44.0 Å². The van der Waals surface area contributed by atoms with Crippen LogP contribution in [0.25, 0.3) is 0 Å². The van der Waals surface area contributed by atoms with Gasteiger partial charge in [0.05, 0.1) is 12.3 Å². The lowest BCUT2D eigenvalue weighted by atomic mass is 10.1. The molecule has 2 N–H and O–H groups in total. The van der Waals surface area contributed by atoms with Gasteiger partial charge < -0.3 is 15.2 Å². The molecule has 112 valence electrons. The Kier molecular flexibility index (Phi) is 5.58. The minimum absolute atomic E-state index is 0.0686. The van der Waals surface area contributed by atoms with Crippen LogP contribution in [-0.4, -0.2) is 17.6 Å². The SMILES string of the molecule is CCOc1cccc(CC(C)N)c1OCc1ccccn1. The highest BCUT2D eigenvalue weighted by molar-refractivity contribution is 5.47. The van der Waals surface area contributed by atoms with E-state index >= 15 is 0 Å². The molecule has 0 aliphatic rings. The predicted octanol–water partition coefficient (Wildman–Crippen LogP) is 2.95. The van der Waals surface area contributed by atoms with Gasteiger partial charge >= 0.3 is 0 Å². The summed E-state index contributed by atoms with van der Waals surface area (Å²) < 4.78 is 11.6. The van der Waals surface area contributed by atoms with Gasteiger partial charge in [-0.15, -0.1) is 0 Å². The zero-order valence-electron chi connectivity index (χ0n) is 12.6. The Hall–Kier alpha value is -2.07. The fourth-order valence-corrected chi connectivity index (χ4v) is 2.13. The number of nitrogens with zero attached hydrogens (tertiary/aromatic N) is 1. The summed E-state index contributed by atoms with van der Waals surface area (Å²) in [5, 5.41) is 0. The molecule has 0 radical (unpaired) electrons. The van der Waals surface area contributed by atoms with Crippen molar-refractivity contribution in [3.05, 3.63) is 53.9 Å². The van der Waals surface area contributed by atoms with E-state index in [0.29, 0.717) is 13.2 Å². The number of ether oxygens (including phenoxy) is 2. The van der Waals surface area contributed by atoms with E-state index in [0.717, 1.165) is 29.2 Å². The molecule has 1 aromatic heterocycles. The third kappa shape index (κ3) is 4.46. The lowest BCUT2D eigenvalue weighted by Gasteiger charge is -2.17. The van der Waals surface area contributed by atoms with Crippen LogP contribution >= 0.6 is 0 Å². The molecule has 0 aliphatic carbocycles. The Labute approximate surface area is 125 Å². The van der Waals surface area contributed by atoms with Crippen LogP contribution in [0.1, 0.15) is 25.1 Å². The van der Waals surface area contributed by atoms with Crippen molar-refractivity contribution in [2.75, 3.05) is 6.61 Å². The van der Waals surface area contributed by atoms with Gasteiger partial charge in [-0.3, -0.25) is 4.98 Å². The monoisotopic (exact) mass is 286 g/mol. The van der Waals surface area contributed by atoms with Crippen LogP contribution in [0.2, 0.25) is 0 Å². The third-order valence-electron chi connectivity index (χ3n) is 2.99. The summed E-state index contributed by atoms with van der Waals surface area (Å²) in [6.07, 6.45) is 2.51. The number of rotatable bonds is 7. The molecule has 1 unspecified atom stereocenters. The average Bonchev–Trinajstić information content (AvgIpc) is 2.47. The van der Waals surface area contributed by atoms with Crippen molar-refractivity contribution in [1.82, 2.24) is 4.98 Å². The van der Waals surface area contributed by atoms with E-state index < -0.39 is 0 Å². The number of aromatic nitrogens is 1. The van der Waals surface area contributed by atoms with Crippen molar-refractivity contribution >= 4 is 0 Å². The van der Waals surface area contributed by atoms with Crippen molar-refractivity contribution in [1.29, 1.82) is 0 Å². The normalized spacial score (nSPS) is 12.0. The van der Waals surface area contributed by atoms with Crippen LogP contribution < -0.4 is 15.2 Å². The molecular weight excluding hydrogens is 264 g/mol. The Morgan fingerprint density at radius 1 is 1.14 bits per heavy atom. The van der Waals surface area contributed by atoms with Crippen molar-refractivity contribution in [3.63, 3.8) is 0 Å². The highest BCUT2D eigenvalue weighted by atomic mass is 16.5. The molecule has 4 heteroatoms. The molecule has 0 amide bonds. The summed E-state index contributed by atoms with van der Waals surface area (Å²) in [5.74, 6) is 1.52. The van der Waals surface area contributed by atoms with Gasteiger partial charge in [0, 0.05) is 12.2 Å². The first-order valence-corrected chi connectivity index (χ1v) is 7.23. The average molecular weight is 286 g/mol. The largest absolute Gasteiger partial charge is 0.490 e. The van der Waals surface area contributed by atoms with E-state index in [1.165, 1.54) is 0 Å². The zero-order chi connectivity index (χ0) is 15.1. The summed E-state index contributed by atoms with van der Waals surface area (Å²) in [5.41, 5.74) is 7.86. The molecule has 2 rings (SSSR count). The molecule has 0 saturated heterocycles. The maximum Gasteiger partial charge on any atom is 0.165 e. The molecule has 0 fully saturated rings. The first-order chi connectivity index (χ1) is 10.2. The van der Waals surface area contributed by atoms with E-state index in [9.17, 15) is 0 Å². The maximum atomic E-state index is 5.96. The highest BCUT2D eigenvalue weighted by Gasteiger charge is 2.13. The van der Waals surface area contributed by atoms with Gasteiger partial charge in [0.25, 0.3) is 0 Å². The van der Waals surface area contributed by atoms with E-state index in [2.05, 4.69) is 4.98 Å². The molecule has 21 heavy (non-hydrogen) atoms. The molecule has 0 saturated carbocycles. The molecule has 2 aromatic rings. The van der Waals surface area contributed by atoms with Crippen LogP contribution in [0.15, 0.2) is 42.6 Å². The number of benzene rings is 1. The Morgan fingerprint density at radius 3 is 2.67 bits per heavy atom. The van der Waals surface area contributed by atoms with Crippen molar-refractivity contribution in [2.45, 2.75) is 32.9 Å². The van der Waals surface area contributed by atoms with Gasteiger partial charge in [-0.1, -0.05) is 18.2 Å². The van der Waals surface area contributed by atoms with Gasteiger partial charge in [-0.25, -0.2) is 0 Å². The molecule has 1 heterocycles. The summed E-state index contributed by atoms with van der Waals surface area (Å²) in [4.78, 5) is 4.27. The summed E-state index contributed by atoms with van der Waals surface area (Å²) in [6, 6.07) is 11.8. The Bertz CT molecular complexity index is 556. The third-order valence-corrected chi connectivity index (χ3v) is 2.99. The second kappa shape index (κ2) is 7.64. The summed E-state index contributed by atoms with van der Waals surface area (Å²) >= 11 is 0. The standard InChI is InChI=1S/C17H22N2O2/c1-3-20-16-9-6-7-14(11-13(2)18)17(16)21-12-15-8-4-5-10-19-15/h4-10,13H,3,11-12,18H2,1-2H3. The minimum atomic E-state index is 0.0686. The minimum Gasteiger partial charge on any atom is -0.490 e. The lowest BCUT2D eigenvalue weighted by Crippen LogP contribution is -2.18. The molecule has 0 bridgehead atoms. The van der Waals surface area contributed by atoms with Gasteiger partial charge in [0.2, 0.25) is 0 Å². The van der Waals surface area contributed by atoms with Gasteiger partial charge in [0.1, 0.15) is 6.61 Å². The second-order valence-corrected chi connectivity index (χ2v) is 4.97. The van der Waals surface area contributed by atoms with Crippen LogP contribution in [0.3, 0.4) is 0 Å². The van der Waals surface area contributed by atoms with Crippen LogP contribution in [0.5, 0.6) is 11.5 Å². The number of nitrogens with two attached hydrogens (primary N) is 1. The number of hydrogen-bond acceptors (Lipinski definition) is 4. The van der Waals surface area contributed by atoms with Crippen molar-refractivity contribution < 1.29 is 9.47 Å². The molecule has 1 aromatic carbocycles. The van der Waals surface area contributed by atoms with Crippen LogP contribution in [0.4, 0.5) is 0 Å². The summed E-state index contributed by atoms with van der Waals surface area (Å²) in [7, 11) is 0. The van der Waals surface area contributed by atoms with Crippen molar-refractivity contribution in [3.8, 4) is 11.5 Å². The lowest BCUT2D eigenvalue weighted by molar-refractivity contribution is 0.263. The molecule has 0 aliphatic heterocycles. The molecule has 4 nitrogen and oxygen atoms in total. The Balaban J connectivity index is 2.21. The smallest absolute Gasteiger partial charge is 0.165 e. The number of pyridine rings is 1. The summed E-state index contributed by atoms with van der Waals surface area (Å²) in [6.45, 7) is 4.95. The van der Waals surface area contributed by atoms with Gasteiger partial charge in [-0.2, -0.15) is 0 Å². The maximum absolute atomic E-state index is 5.96.